The number of hydrogen-bond donors (Lipinski definition) is 0. The van der Waals surface area contributed by atoms with E-state index in [1.54, 1.807) is 6.33 Å². The van der Waals surface area contributed by atoms with E-state index in [0.717, 1.165) is 61.0 Å². The molecule has 0 spiro atoms. The molecule has 6 nitrogen and oxygen atoms in total. The van der Waals surface area contributed by atoms with E-state index in [1.807, 2.05) is 30.5 Å². The van der Waals surface area contributed by atoms with Gasteiger partial charge in [-0.05, 0) is 25.5 Å². The Bertz CT molecular complexity index is 886. The number of fused-ring (bicyclic) bond motifs is 1. The van der Waals surface area contributed by atoms with Gasteiger partial charge in [0.25, 0.3) is 0 Å². The third-order valence-electron chi connectivity index (χ3n) is 4.83. The van der Waals surface area contributed by atoms with Crippen molar-refractivity contribution in [3.8, 4) is 0 Å². The predicted octanol–water partition coefficient (Wildman–Crippen LogP) is 2.62. The molecule has 0 N–H and O–H groups in total. The quantitative estimate of drug-likeness (QED) is 0.734. The summed E-state index contributed by atoms with van der Waals surface area (Å²) in [5, 5.41) is 0. The Labute approximate surface area is 147 Å². The van der Waals surface area contributed by atoms with Crippen LogP contribution in [-0.2, 0) is 6.42 Å². The topological polar surface area (TPSA) is 58.0 Å². The van der Waals surface area contributed by atoms with Crippen molar-refractivity contribution in [1.29, 1.82) is 0 Å². The van der Waals surface area contributed by atoms with E-state index in [-0.39, 0.29) is 0 Å². The molecule has 2 aromatic heterocycles. The number of aromatic nitrogens is 4. The van der Waals surface area contributed by atoms with Gasteiger partial charge in [-0.25, -0.2) is 15.0 Å². The fourth-order valence-electron chi connectivity index (χ4n) is 3.42. The number of para-hydroxylation sites is 2. The van der Waals surface area contributed by atoms with Crippen LogP contribution in [0.15, 0.2) is 36.8 Å². The van der Waals surface area contributed by atoms with Gasteiger partial charge in [-0.15, -0.1) is 0 Å². The van der Waals surface area contributed by atoms with E-state index >= 15 is 0 Å². The van der Waals surface area contributed by atoms with Gasteiger partial charge in [-0.3, -0.25) is 4.98 Å². The third-order valence-corrected chi connectivity index (χ3v) is 4.83. The summed E-state index contributed by atoms with van der Waals surface area (Å²) in [6.07, 6.45) is 4.51. The Morgan fingerprint density at radius 1 is 0.920 bits per heavy atom. The molecule has 6 heteroatoms. The maximum absolute atomic E-state index is 4.76. The van der Waals surface area contributed by atoms with Crippen molar-refractivity contribution in [2.45, 2.75) is 20.3 Å². The van der Waals surface area contributed by atoms with Crippen LogP contribution in [0.1, 0.15) is 18.2 Å². The van der Waals surface area contributed by atoms with Gasteiger partial charge in [0.15, 0.2) is 0 Å². The van der Waals surface area contributed by atoms with Crippen LogP contribution in [0.5, 0.6) is 0 Å². The first-order valence-corrected chi connectivity index (χ1v) is 8.78. The monoisotopic (exact) mass is 334 g/mol. The molecule has 4 rings (SSSR count). The first kappa shape index (κ1) is 15.7. The van der Waals surface area contributed by atoms with E-state index in [1.165, 1.54) is 5.56 Å². The minimum atomic E-state index is 0.916. The maximum Gasteiger partial charge on any atom is 0.147 e. The second-order valence-corrected chi connectivity index (χ2v) is 6.31. The number of piperazine rings is 1. The zero-order valence-corrected chi connectivity index (χ0v) is 14.7. The van der Waals surface area contributed by atoms with Gasteiger partial charge in [0.1, 0.15) is 18.0 Å². The Balaban J connectivity index is 1.52. The molecule has 3 aromatic rings. The van der Waals surface area contributed by atoms with Gasteiger partial charge in [-0.2, -0.15) is 0 Å². The van der Waals surface area contributed by atoms with E-state index < -0.39 is 0 Å². The molecule has 1 aliphatic rings. The summed E-state index contributed by atoms with van der Waals surface area (Å²) in [4.78, 5) is 22.8. The number of hydrogen-bond acceptors (Lipinski definition) is 6. The van der Waals surface area contributed by atoms with E-state index in [9.17, 15) is 0 Å². The fraction of sp³-hybridized carbons (Fsp3) is 0.368. The van der Waals surface area contributed by atoms with Crippen LogP contribution < -0.4 is 9.80 Å². The predicted molar refractivity (Wildman–Crippen MR) is 100 cm³/mol. The van der Waals surface area contributed by atoms with Gasteiger partial charge in [0.05, 0.1) is 17.2 Å². The molecule has 0 atom stereocenters. The molecule has 1 aromatic carbocycles. The molecule has 0 aliphatic carbocycles. The summed E-state index contributed by atoms with van der Waals surface area (Å²) >= 11 is 0. The molecule has 1 fully saturated rings. The highest BCUT2D eigenvalue weighted by molar-refractivity contribution is 5.75. The van der Waals surface area contributed by atoms with Crippen LogP contribution >= 0.6 is 0 Å². The summed E-state index contributed by atoms with van der Waals surface area (Å²) in [7, 11) is 0. The highest BCUT2D eigenvalue weighted by Gasteiger charge is 2.22. The molecule has 0 unspecified atom stereocenters. The SMILES string of the molecule is CCc1c(C)ncnc1N1CCN(c2cnc3ccccc3n2)CC1. The number of aryl methyl sites for hydroxylation is 1. The van der Waals surface area contributed by atoms with E-state index in [4.69, 9.17) is 4.98 Å². The summed E-state index contributed by atoms with van der Waals surface area (Å²) in [6, 6.07) is 8.00. The molecule has 0 bridgehead atoms. The summed E-state index contributed by atoms with van der Waals surface area (Å²) in [6.45, 7) is 7.91. The van der Waals surface area contributed by atoms with Crippen LogP contribution in [0.3, 0.4) is 0 Å². The van der Waals surface area contributed by atoms with Crippen LogP contribution in [0.4, 0.5) is 11.6 Å². The van der Waals surface area contributed by atoms with Crippen molar-refractivity contribution in [1.82, 2.24) is 19.9 Å². The molecule has 0 radical (unpaired) electrons. The smallest absolute Gasteiger partial charge is 0.147 e. The van der Waals surface area contributed by atoms with Crippen LogP contribution in [0.25, 0.3) is 11.0 Å². The van der Waals surface area contributed by atoms with Gasteiger partial charge in [0, 0.05) is 37.4 Å². The van der Waals surface area contributed by atoms with Crippen molar-refractivity contribution >= 4 is 22.7 Å². The summed E-state index contributed by atoms with van der Waals surface area (Å²) < 4.78 is 0. The minimum Gasteiger partial charge on any atom is -0.353 e. The lowest BCUT2D eigenvalue weighted by Gasteiger charge is -2.36. The normalized spacial score (nSPS) is 15.0. The standard InChI is InChI=1S/C19H22N6/c1-3-15-14(2)21-13-22-19(15)25-10-8-24(9-11-25)18-12-20-16-6-4-5-7-17(16)23-18/h4-7,12-13H,3,8-11H2,1-2H3. The van der Waals surface area contributed by atoms with Crippen molar-refractivity contribution < 1.29 is 0 Å². The molecular weight excluding hydrogens is 312 g/mol. The molecule has 128 valence electrons. The molecular formula is C19H22N6. The molecule has 0 amide bonds. The molecule has 0 saturated carbocycles. The number of rotatable bonds is 3. The van der Waals surface area contributed by atoms with E-state index in [0.29, 0.717) is 0 Å². The maximum atomic E-state index is 4.76. The number of benzene rings is 1. The van der Waals surface area contributed by atoms with Gasteiger partial charge in [0.2, 0.25) is 0 Å². The van der Waals surface area contributed by atoms with E-state index in [2.05, 4.69) is 38.6 Å². The van der Waals surface area contributed by atoms with Crippen molar-refractivity contribution in [2.24, 2.45) is 0 Å². The Hall–Kier alpha value is -2.76. The lowest BCUT2D eigenvalue weighted by Crippen LogP contribution is -2.47. The Morgan fingerprint density at radius 3 is 2.40 bits per heavy atom. The zero-order valence-electron chi connectivity index (χ0n) is 14.7. The number of anilines is 2. The van der Waals surface area contributed by atoms with Crippen LogP contribution in [0.2, 0.25) is 0 Å². The van der Waals surface area contributed by atoms with Crippen molar-refractivity contribution in [3.63, 3.8) is 0 Å². The average Bonchev–Trinajstić information content (AvgIpc) is 2.67. The van der Waals surface area contributed by atoms with Crippen LogP contribution in [0, 0.1) is 6.92 Å². The Morgan fingerprint density at radius 2 is 1.64 bits per heavy atom. The first-order valence-electron chi connectivity index (χ1n) is 8.78. The molecule has 1 saturated heterocycles. The lowest BCUT2D eigenvalue weighted by molar-refractivity contribution is 0.637. The molecule has 1 aliphatic heterocycles. The second kappa shape index (κ2) is 6.63. The lowest BCUT2D eigenvalue weighted by atomic mass is 10.1. The summed E-state index contributed by atoms with van der Waals surface area (Å²) in [5.74, 6) is 2.03. The van der Waals surface area contributed by atoms with Gasteiger partial charge in [-0.1, -0.05) is 19.1 Å². The highest BCUT2D eigenvalue weighted by Crippen LogP contribution is 2.23. The minimum absolute atomic E-state index is 0.916. The number of nitrogens with zero attached hydrogens (tertiary/aromatic N) is 6. The molecule has 3 heterocycles. The largest absolute Gasteiger partial charge is 0.353 e. The Kier molecular flexibility index (Phi) is 4.17. The van der Waals surface area contributed by atoms with Crippen molar-refractivity contribution in [3.05, 3.63) is 48.0 Å². The molecule has 25 heavy (non-hydrogen) atoms. The zero-order chi connectivity index (χ0) is 17.2. The van der Waals surface area contributed by atoms with Gasteiger partial charge >= 0.3 is 0 Å². The van der Waals surface area contributed by atoms with Crippen molar-refractivity contribution in [2.75, 3.05) is 36.0 Å². The second-order valence-electron chi connectivity index (χ2n) is 6.31. The van der Waals surface area contributed by atoms with Crippen LogP contribution in [-0.4, -0.2) is 46.1 Å². The highest BCUT2D eigenvalue weighted by atomic mass is 15.3. The first-order chi connectivity index (χ1) is 12.3. The van der Waals surface area contributed by atoms with Gasteiger partial charge < -0.3 is 9.80 Å². The third kappa shape index (κ3) is 2.99. The average molecular weight is 334 g/mol. The summed E-state index contributed by atoms with van der Waals surface area (Å²) in [5.41, 5.74) is 4.22. The fourth-order valence-corrected chi connectivity index (χ4v) is 3.42.